The number of benzene rings is 1. The Kier molecular flexibility index (Phi) is 3.98. The number of hydrogen-bond acceptors (Lipinski definition) is 3. The topological polar surface area (TPSA) is 87.7 Å². The molecule has 0 radical (unpaired) electrons. The molecular weight excluding hydrogens is 357 g/mol. The van der Waals surface area contributed by atoms with E-state index in [0.717, 1.165) is 9.26 Å². The molecule has 5 nitrogen and oxygen atoms in total. The van der Waals surface area contributed by atoms with Gasteiger partial charge in [0.25, 0.3) is 0 Å². The van der Waals surface area contributed by atoms with E-state index >= 15 is 0 Å². The lowest BCUT2D eigenvalue weighted by molar-refractivity contribution is -0.127. The van der Waals surface area contributed by atoms with E-state index in [9.17, 15) is 4.79 Å². The highest BCUT2D eigenvalue weighted by Crippen LogP contribution is 2.46. The van der Waals surface area contributed by atoms with Gasteiger partial charge in [0, 0.05) is 9.26 Å². The minimum atomic E-state index is -0.866. The summed E-state index contributed by atoms with van der Waals surface area (Å²) in [5.74, 6) is 0.193. The molecule has 1 aliphatic rings. The lowest BCUT2D eigenvalue weighted by Gasteiger charge is -2.43. The molecule has 0 atom stereocenters. The first-order chi connectivity index (χ1) is 8.98. The van der Waals surface area contributed by atoms with Crippen LogP contribution in [0.3, 0.4) is 0 Å². The van der Waals surface area contributed by atoms with Gasteiger partial charge < -0.3 is 16.3 Å². The van der Waals surface area contributed by atoms with Crippen molar-refractivity contribution in [2.75, 3.05) is 5.32 Å². The molecule has 0 unspecified atom stereocenters. The monoisotopic (exact) mass is 373 g/mol. The van der Waals surface area contributed by atoms with Gasteiger partial charge in [-0.3, -0.25) is 4.79 Å². The van der Waals surface area contributed by atoms with Gasteiger partial charge in [0.2, 0.25) is 5.91 Å². The number of hydrogen-bond donors (Lipinski definition) is 3. The molecule has 1 fully saturated rings. The van der Waals surface area contributed by atoms with Crippen LogP contribution in [0.1, 0.15) is 19.8 Å². The standard InChI is InChI=1S/C13H16IN3O2/c1-8-6-13(7-8,11(15)17-19)12(18)16-10-4-2-3-9(14)5-10/h2-5,8,19H,6-7H2,1H3,(H2,15,17)(H,16,18). The Morgan fingerprint density at radius 3 is 2.79 bits per heavy atom. The van der Waals surface area contributed by atoms with Crippen molar-refractivity contribution in [1.82, 2.24) is 0 Å². The smallest absolute Gasteiger partial charge is 0.238 e. The van der Waals surface area contributed by atoms with Crippen molar-refractivity contribution in [3.8, 4) is 0 Å². The Morgan fingerprint density at radius 1 is 1.58 bits per heavy atom. The summed E-state index contributed by atoms with van der Waals surface area (Å²) in [7, 11) is 0. The normalized spacial score (nSPS) is 26.6. The van der Waals surface area contributed by atoms with E-state index in [-0.39, 0.29) is 11.7 Å². The first-order valence-electron chi connectivity index (χ1n) is 6.03. The van der Waals surface area contributed by atoms with Crippen LogP contribution in [0.25, 0.3) is 0 Å². The highest BCUT2D eigenvalue weighted by molar-refractivity contribution is 14.1. The Balaban J connectivity index is 2.18. The highest BCUT2D eigenvalue weighted by atomic mass is 127. The van der Waals surface area contributed by atoms with Gasteiger partial charge in [-0.2, -0.15) is 0 Å². The van der Waals surface area contributed by atoms with Gasteiger partial charge in [-0.05, 0) is 59.5 Å². The summed E-state index contributed by atoms with van der Waals surface area (Å²) >= 11 is 2.18. The van der Waals surface area contributed by atoms with Gasteiger partial charge in [-0.15, -0.1) is 0 Å². The third-order valence-electron chi connectivity index (χ3n) is 3.51. The lowest BCUT2D eigenvalue weighted by Crippen LogP contribution is -2.54. The summed E-state index contributed by atoms with van der Waals surface area (Å²) in [6, 6.07) is 7.51. The van der Waals surface area contributed by atoms with Crippen LogP contribution in [0.5, 0.6) is 0 Å². The average Bonchev–Trinajstić information content (AvgIpc) is 2.33. The fraction of sp³-hybridized carbons (Fsp3) is 0.385. The maximum Gasteiger partial charge on any atom is 0.238 e. The molecule has 2 rings (SSSR count). The summed E-state index contributed by atoms with van der Waals surface area (Å²) in [4.78, 5) is 12.4. The summed E-state index contributed by atoms with van der Waals surface area (Å²) in [5, 5.41) is 14.7. The predicted octanol–water partition coefficient (Wildman–Crippen LogP) is 2.39. The van der Waals surface area contributed by atoms with Crippen LogP contribution < -0.4 is 11.1 Å². The van der Waals surface area contributed by atoms with Crippen LogP contribution in [0.15, 0.2) is 29.4 Å². The Morgan fingerprint density at radius 2 is 2.26 bits per heavy atom. The quantitative estimate of drug-likeness (QED) is 0.250. The maximum absolute atomic E-state index is 12.4. The van der Waals surface area contributed by atoms with Gasteiger partial charge >= 0.3 is 0 Å². The predicted molar refractivity (Wildman–Crippen MR) is 82.0 cm³/mol. The first-order valence-corrected chi connectivity index (χ1v) is 7.11. The molecule has 1 aromatic carbocycles. The van der Waals surface area contributed by atoms with Crippen LogP contribution in [-0.4, -0.2) is 17.0 Å². The van der Waals surface area contributed by atoms with E-state index in [4.69, 9.17) is 10.9 Å². The van der Waals surface area contributed by atoms with Crippen molar-refractivity contribution in [3.05, 3.63) is 27.8 Å². The zero-order valence-corrected chi connectivity index (χ0v) is 12.7. The molecule has 0 heterocycles. The van der Waals surface area contributed by atoms with E-state index in [1.54, 1.807) is 0 Å². The van der Waals surface area contributed by atoms with E-state index in [0.29, 0.717) is 18.8 Å². The third kappa shape index (κ3) is 2.68. The van der Waals surface area contributed by atoms with Crippen LogP contribution in [0.2, 0.25) is 0 Å². The van der Waals surface area contributed by atoms with Gasteiger partial charge in [-0.25, -0.2) is 0 Å². The summed E-state index contributed by atoms with van der Waals surface area (Å²) in [6.45, 7) is 2.04. The molecule has 0 spiro atoms. The molecule has 1 saturated carbocycles. The molecule has 0 aliphatic heterocycles. The largest absolute Gasteiger partial charge is 0.409 e. The SMILES string of the molecule is CC1CC(C(=O)Nc2cccc(I)c2)(/C(N)=N/O)C1. The fourth-order valence-electron chi connectivity index (χ4n) is 2.55. The maximum atomic E-state index is 12.4. The second-order valence-corrected chi connectivity index (χ2v) is 6.29. The fourth-order valence-corrected chi connectivity index (χ4v) is 3.10. The minimum absolute atomic E-state index is 0.00581. The minimum Gasteiger partial charge on any atom is -0.409 e. The average molecular weight is 373 g/mol. The lowest BCUT2D eigenvalue weighted by atomic mass is 9.61. The number of amides is 1. The number of anilines is 1. The number of halogens is 1. The molecule has 0 saturated heterocycles. The van der Waals surface area contributed by atoms with Gasteiger partial charge in [0.1, 0.15) is 5.41 Å². The number of amidine groups is 1. The molecule has 6 heteroatoms. The summed E-state index contributed by atoms with van der Waals surface area (Å²) < 4.78 is 1.04. The van der Waals surface area contributed by atoms with Gasteiger partial charge in [0.15, 0.2) is 5.84 Å². The second-order valence-electron chi connectivity index (χ2n) is 5.05. The number of nitrogens with two attached hydrogens (primary N) is 1. The van der Waals surface area contributed by atoms with Crippen molar-refractivity contribution >= 4 is 40.0 Å². The molecule has 19 heavy (non-hydrogen) atoms. The third-order valence-corrected chi connectivity index (χ3v) is 4.18. The van der Waals surface area contributed by atoms with Crippen LogP contribution in [0.4, 0.5) is 5.69 Å². The molecule has 1 amide bonds. The van der Waals surface area contributed by atoms with Crippen molar-refractivity contribution in [3.63, 3.8) is 0 Å². The number of oxime groups is 1. The van der Waals surface area contributed by atoms with Crippen molar-refractivity contribution < 1.29 is 10.0 Å². The molecular formula is C13H16IN3O2. The van der Waals surface area contributed by atoms with Crippen molar-refractivity contribution in [2.24, 2.45) is 22.2 Å². The van der Waals surface area contributed by atoms with E-state index in [1.807, 2.05) is 31.2 Å². The molecule has 0 aromatic heterocycles. The number of carbonyl (C=O) groups excluding carboxylic acids is 1. The van der Waals surface area contributed by atoms with Crippen LogP contribution in [-0.2, 0) is 4.79 Å². The van der Waals surface area contributed by atoms with Crippen molar-refractivity contribution in [2.45, 2.75) is 19.8 Å². The number of nitrogens with one attached hydrogen (secondary N) is 1. The highest BCUT2D eigenvalue weighted by Gasteiger charge is 2.52. The second kappa shape index (κ2) is 5.36. The van der Waals surface area contributed by atoms with E-state index in [2.05, 4.69) is 33.1 Å². The molecule has 102 valence electrons. The molecule has 4 N–H and O–H groups in total. The first kappa shape index (κ1) is 14.1. The summed E-state index contributed by atoms with van der Waals surface area (Å²) in [6.07, 6.45) is 1.22. The van der Waals surface area contributed by atoms with E-state index in [1.165, 1.54) is 0 Å². The summed E-state index contributed by atoms with van der Waals surface area (Å²) in [5.41, 5.74) is 5.56. The van der Waals surface area contributed by atoms with Crippen LogP contribution in [0, 0.1) is 14.9 Å². The number of nitrogens with zero attached hydrogens (tertiary/aromatic N) is 1. The van der Waals surface area contributed by atoms with Gasteiger partial charge in [-0.1, -0.05) is 18.1 Å². The molecule has 1 aliphatic carbocycles. The zero-order chi connectivity index (χ0) is 14.0. The van der Waals surface area contributed by atoms with Gasteiger partial charge in [0.05, 0.1) is 0 Å². The molecule has 1 aromatic rings. The number of carbonyl (C=O) groups is 1. The zero-order valence-electron chi connectivity index (χ0n) is 10.6. The van der Waals surface area contributed by atoms with Crippen molar-refractivity contribution in [1.29, 1.82) is 0 Å². The Labute approximate surface area is 125 Å². The molecule has 0 bridgehead atoms. The van der Waals surface area contributed by atoms with Crippen LogP contribution >= 0.6 is 22.6 Å². The Hall–Kier alpha value is -1.31. The Bertz CT molecular complexity index is 524. The van der Waals surface area contributed by atoms with E-state index < -0.39 is 5.41 Å². The number of rotatable bonds is 3.